The van der Waals surface area contributed by atoms with Gasteiger partial charge in [-0.2, -0.15) is 0 Å². The van der Waals surface area contributed by atoms with Gasteiger partial charge in [0, 0.05) is 38.1 Å². The minimum absolute atomic E-state index is 0.304. The number of nitrogens with one attached hydrogen (secondary N) is 2. The highest BCUT2D eigenvalue weighted by Gasteiger charge is 2.23. The van der Waals surface area contributed by atoms with Gasteiger partial charge < -0.3 is 24.8 Å². The van der Waals surface area contributed by atoms with Crippen LogP contribution in [0.1, 0.15) is 16.5 Å². The van der Waals surface area contributed by atoms with E-state index in [-0.39, 0.29) is 0 Å². The van der Waals surface area contributed by atoms with Gasteiger partial charge in [-0.15, -0.1) is 11.3 Å². The van der Waals surface area contributed by atoms with E-state index in [1.54, 1.807) is 32.6 Å². The molecular formula is C21H30N4O3S. The summed E-state index contributed by atoms with van der Waals surface area (Å²) in [4.78, 5) is 8.21. The molecule has 158 valence electrons. The molecule has 1 aromatic heterocycles. The molecule has 3 rings (SSSR count). The van der Waals surface area contributed by atoms with Gasteiger partial charge in [0.15, 0.2) is 17.5 Å². The van der Waals surface area contributed by atoms with Gasteiger partial charge in [0.05, 0.1) is 33.5 Å². The van der Waals surface area contributed by atoms with Gasteiger partial charge in [-0.05, 0) is 29.1 Å². The molecule has 1 aromatic carbocycles. The van der Waals surface area contributed by atoms with Crippen molar-refractivity contribution in [3.63, 3.8) is 0 Å². The van der Waals surface area contributed by atoms with Crippen molar-refractivity contribution in [3.05, 3.63) is 46.2 Å². The number of nitrogens with zero attached hydrogens (tertiary/aromatic N) is 2. The molecule has 29 heavy (non-hydrogen) atoms. The van der Waals surface area contributed by atoms with Crippen molar-refractivity contribution in [2.75, 3.05) is 54.1 Å². The molecule has 7 nitrogen and oxygen atoms in total. The Morgan fingerprint density at radius 1 is 1.17 bits per heavy atom. The van der Waals surface area contributed by atoms with Crippen molar-refractivity contribution in [2.45, 2.75) is 12.6 Å². The van der Waals surface area contributed by atoms with Crippen molar-refractivity contribution in [1.82, 2.24) is 15.5 Å². The molecule has 2 aromatic rings. The van der Waals surface area contributed by atoms with Gasteiger partial charge in [0.1, 0.15) is 0 Å². The third kappa shape index (κ3) is 5.85. The fraction of sp³-hybridized carbons (Fsp3) is 0.476. The Bertz CT molecular complexity index is 776. The van der Waals surface area contributed by atoms with Crippen molar-refractivity contribution in [2.24, 2.45) is 4.99 Å². The Hall–Kier alpha value is -2.29. The second kappa shape index (κ2) is 11.0. The van der Waals surface area contributed by atoms with Gasteiger partial charge in [0.2, 0.25) is 0 Å². The molecule has 1 saturated heterocycles. The van der Waals surface area contributed by atoms with Crippen molar-refractivity contribution in [3.8, 4) is 11.5 Å². The fourth-order valence-corrected chi connectivity index (χ4v) is 4.23. The Kier molecular flexibility index (Phi) is 8.15. The average Bonchev–Trinajstić information content (AvgIpc) is 3.31. The molecule has 2 heterocycles. The number of methoxy groups -OCH3 is 2. The molecule has 8 heteroatoms. The second-order valence-electron chi connectivity index (χ2n) is 6.68. The first-order valence-electron chi connectivity index (χ1n) is 9.75. The highest BCUT2D eigenvalue weighted by molar-refractivity contribution is 7.10. The number of morpholine rings is 1. The zero-order chi connectivity index (χ0) is 20.5. The molecule has 1 aliphatic rings. The summed E-state index contributed by atoms with van der Waals surface area (Å²) in [5, 5.41) is 9.00. The number of guanidine groups is 1. The molecule has 1 unspecified atom stereocenters. The van der Waals surface area contributed by atoms with Crippen LogP contribution < -0.4 is 20.1 Å². The molecule has 1 fully saturated rings. The number of benzene rings is 1. The first kappa shape index (κ1) is 21.4. The lowest BCUT2D eigenvalue weighted by molar-refractivity contribution is 0.0177. The van der Waals surface area contributed by atoms with Crippen molar-refractivity contribution >= 4 is 17.3 Å². The van der Waals surface area contributed by atoms with E-state index >= 15 is 0 Å². The number of thiophene rings is 1. The Labute approximate surface area is 176 Å². The monoisotopic (exact) mass is 418 g/mol. The molecule has 1 atom stereocenters. The van der Waals surface area contributed by atoms with Crippen LogP contribution in [-0.4, -0.2) is 65.0 Å². The van der Waals surface area contributed by atoms with Crippen LogP contribution in [0.5, 0.6) is 11.5 Å². The van der Waals surface area contributed by atoms with E-state index in [0.29, 0.717) is 12.6 Å². The van der Waals surface area contributed by atoms with Crippen LogP contribution in [-0.2, 0) is 11.3 Å². The van der Waals surface area contributed by atoms with Gasteiger partial charge in [-0.25, -0.2) is 0 Å². The number of hydrogen-bond donors (Lipinski definition) is 2. The van der Waals surface area contributed by atoms with Crippen LogP contribution >= 0.6 is 11.3 Å². The number of hydrogen-bond acceptors (Lipinski definition) is 6. The lowest BCUT2D eigenvalue weighted by atomic mass is 10.2. The van der Waals surface area contributed by atoms with E-state index in [4.69, 9.17) is 14.2 Å². The van der Waals surface area contributed by atoms with Crippen molar-refractivity contribution < 1.29 is 14.2 Å². The summed E-state index contributed by atoms with van der Waals surface area (Å²) in [7, 11) is 5.07. The summed E-state index contributed by atoms with van der Waals surface area (Å²) in [6, 6.07) is 10.5. The number of aliphatic imine (C=N–C) groups is 1. The van der Waals surface area contributed by atoms with E-state index in [1.807, 2.05) is 18.2 Å². The Balaban J connectivity index is 1.58. The minimum Gasteiger partial charge on any atom is -0.493 e. The SMILES string of the molecule is CN=C(NCc1ccc(OC)c(OC)c1)NCC(c1cccs1)N1CCOCC1. The predicted octanol–water partition coefficient (Wildman–Crippen LogP) is 2.50. The van der Waals surface area contributed by atoms with E-state index in [0.717, 1.165) is 55.9 Å². The molecule has 0 amide bonds. The smallest absolute Gasteiger partial charge is 0.191 e. The van der Waals surface area contributed by atoms with Crippen LogP contribution in [0.3, 0.4) is 0 Å². The first-order chi connectivity index (χ1) is 14.2. The summed E-state index contributed by atoms with van der Waals surface area (Å²) < 4.78 is 16.2. The maximum Gasteiger partial charge on any atom is 0.191 e. The highest BCUT2D eigenvalue weighted by Crippen LogP contribution is 2.27. The molecule has 2 N–H and O–H groups in total. The summed E-state index contributed by atoms with van der Waals surface area (Å²) in [6.45, 7) is 4.89. The van der Waals surface area contributed by atoms with Gasteiger partial charge >= 0.3 is 0 Å². The predicted molar refractivity (Wildman–Crippen MR) is 117 cm³/mol. The maximum absolute atomic E-state index is 5.52. The van der Waals surface area contributed by atoms with Crippen LogP contribution in [0.15, 0.2) is 40.7 Å². The third-order valence-corrected chi connectivity index (χ3v) is 5.93. The topological polar surface area (TPSA) is 67.4 Å². The summed E-state index contributed by atoms with van der Waals surface area (Å²) >= 11 is 1.79. The summed E-state index contributed by atoms with van der Waals surface area (Å²) in [5.41, 5.74) is 1.09. The molecule has 1 aliphatic heterocycles. The largest absolute Gasteiger partial charge is 0.493 e. The Morgan fingerprint density at radius 3 is 2.62 bits per heavy atom. The normalized spacial score (nSPS) is 16.3. The van der Waals surface area contributed by atoms with E-state index < -0.39 is 0 Å². The number of ether oxygens (including phenoxy) is 3. The third-order valence-electron chi connectivity index (χ3n) is 4.95. The molecule has 0 aliphatic carbocycles. The molecule has 0 spiro atoms. The molecule has 0 saturated carbocycles. The van der Waals surface area contributed by atoms with E-state index in [1.165, 1.54) is 4.88 Å². The van der Waals surface area contributed by atoms with Gasteiger partial charge in [0.25, 0.3) is 0 Å². The highest BCUT2D eigenvalue weighted by atomic mass is 32.1. The van der Waals surface area contributed by atoms with E-state index in [9.17, 15) is 0 Å². The van der Waals surface area contributed by atoms with Crippen LogP contribution in [0.4, 0.5) is 0 Å². The minimum atomic E-state index is 0.304. The Morgan fingerprint density at radius 2 is 1.97 bits per heavy atom. The van der Waals surface area contributed by atoms with Crippen LogP contribution in [0.2, 0.25) is 0 Å². The van der Waals surface area contributed by atoms with Gasteiger partial charge in [-0.3, -0.25) is 9.89 Å². The van der Waals surface area contributed by atoms with Crippen LogP contribution in [0.25, 0.3) is 0 Å². The number of rotatable bonds is 8. The summed E-state index contributed by atoms with van der Waals surface area (Å²) in [6.07, 6.45) is 0. The lowest BCUT2D eigenvalue weighted by Gasteiger charge is -2.34. The molecule has 0 bridgehead atoms. The van der Waals surface area contributed by atoms with Gasteiger partial charge in [-0.1, -0.05) is 12.1 Å². The maximum atomic E-state index is 5.52. The average molecular weight is 419 g/mol. The standard InChI is InChI=1S/C21H30N4O3S/c1-22-21(23-14-16-6-7-18(26-2)19(13-16)27-3)24-15-17(20-5-4-12-29-20)25-8-10-28-11-9-25/h4-7,12-13,17H,8-11,14-15H2,1-3H3,(H2,22,23,24). The quantitative estimate of drug-likeness (QED) is 0.507. The zero-order valence-corrected chi connectivity index (χ0v) is 18.1. The zero-order valence-electron chi connectivity index (χ0n) is 17.3. The second-order valence-corrected chi connectivity index (χ2v) is 7.65. The fourth-order valence-electron chi connectivity index (χ4n) is 3.37. The summed E-state index contributed by atoms with van der Waals surface area (Å²) in [5.74, 6) is 2.22. The molecular weight excluding hydrogens is 388 g/mol. The first-order valence-corrected chi connectivity index (χ1v) is 10.6. The van der Waals surface area contributed by atoms with Crippen LogP contribution in [0, 0.1) is 0 Å². The van der Waals surface area contributed by atoms with E-state index in [2.05, 4.69) is 38.0 Å². The lowest BCUT2D eigenvalue weighted by Crippen LogP contribution is -2.46. The van der Waals surface area contributed by atoms with Crippen molar-refractivity contribution in [1.29, 1.82) is 0 Å². The molecule has 0 radical (unpaired) electrons.